The highest BCUT2D eigenvalue weighted by molar-refractivity contribution is 5.90. The predicted octanol–water partition coefficient (Wildman–Crippen LogP) is 4.61. The molecule has 120 valence electrons. The third-order valence-electron chi connectivity index (χ3n) is 3.70. The summed E-state index contributed by atoms with van der Waals surface area (Å²) in [5, 5.41) is 2.19. The lowest BCUT2D eigenvalue weighted by atomic mass is 10.1. The van der Waals surface area contributed by atoms with E-state index in [1.807, 2.05) is 66.7 Å². The van der Waals surface area contributed by atoms with Crippen molar-refractivity contribution >= 4 is 22.8 Å². The second-order valence-corrected chi connectivity index (χ2v) is 5.40. The molecule has 0 spiro atoms. The van der Waals surface area contributed by atoms with Gasteiger partial charge in [-0.05, 0) is 46.2 Å². The van der Waals surface area contributed by atoms with Crippen molar-refractivity contribution in [3.8, 4) is 5.75 Å². The highest BCUT2D eigenvalue weighted by Crippen LogP contribution is 2.23. The van der Waals surface area contributed by atoms with E-state index in [1.165, 1.54) is 13.2 Å². The van der Waals surface area contributed by atoms with Crippen LogP contribution in [-0.4, -0.2) is 13.1 Å². The molecular formula is C21H18O3. The van der Waals surface area contributed by atoms with Gasteiger partial charge in [0.25, 0.3) is 0 Å². The summed E-state index contributed by atoms with van der Waals surface area (Å²) in [4.78, 5) is 11.2. The molecule has 0 unspecified atom stereocenters. The minimum absolute atomic E-state index is 0.361. The molecule has 3 aromatic carbocycles. The molecule has 0 aromatic heterocycles. The number of rotatable bonds is 5. The third kappa shape index (κ3) is 4.02. The number of methoxy groups -OCH3 is 1. The monoisotopic (exact) mass is 318 g/mol. The Labute approximate surface area is 141 Å². The first-order valence-electron chi connectivity index (χ1n) is 7.71. The number of esters is 1. The molecule has 0 aliphatic heterocycles. The first-order chi connectivity index (χ1) is 11.7. The van der Waals surface area contributed by atoms with Gasteiger partial charge in [0.05, 0.1) is 7.11 Å². The Bertz CT molecular complexity index is 867. The first kappa shape index (κ1) is 15.8. The number of carbonyl (C=O) groups is 1. The Hall–Kier alpha value is -3.07. The van der Waals surface area contributed by atoms with E-state index in [2.05, 4.69) is 4.74 Å². The van der Waals surface area contributed by atoms with Crippen LogP contribution < -0.4 is 4.74 Å². The van der Waals surface area contributed by atoms with Crippen LogP contribution in [0.3, 0.4) is 0 Å². The van der Waals surface area contributed by atoms with Gasteiger partial charge in [-0.25, -0.2) is 4.79 Å². The fourth-order valence-electron chi connectivity index (χ4n) is 2.41. The van der Waals surface area contributed by atoms with Gasteiger partial charge in [-0.15, -0.1) is 0 Å². The smallest absolute Gasteiger partial charge is 0.330 e. The summed E-state index contributed by atoms with van der Waals surface area (Å²) in [6.07, 6.45) is 3.16. The van der Waals surface area contributed by atoms with Crippen molar-refractivity contribution in [2.24, 2.45) is 0 Å². The average Bonchev–Trinajstić information content (AvgIpc) is 2.65. The molecule has 3 rings (SSSR count). The molecule has 0 amide bonds. The van der Waals surface area contributed by atoms with Gasteiger partial charge in [0.2, 0.25) is 0 Å². The summed E-state index contributed by atoms with van der Waals surface area (Å²) in [6.45, 7) is 0.548. The van der Waals surface area contributed by atoms with E-state index in [4.69, 9.17) is 4.74 Å². The largest absolute Gasteiger partial charge is 0.489 e. The summed E-state index contributed by atoms with van der Waals surface area (Å²) in [5.74, 6) is 0.476. The van der Waals surface area contributed by atoms with Crippen LogP contribution in [0.1, 0.15) is 11.1 Å². The van der Waals surface area contributed by atoms with Gasteiger partial charge in [0, 0.05) is 6.08 Å². The fraction of sp³-hybridized carbons (Fsp3) is 0.0952. The van der Waals surface area contributed by atoms with Crippen LogP contribution in [0.2, 0.25) is 0 Å². The van der Waals surface area contributed by atoms with Crippen molar-refractivity contribution in [1.29, 1.82) is 0 Å². The van der Waals surface area contributed by atoms with Gasteiger partial charge in [0.15, 0.2) is 0 Å². The number of carbonyl (C=O) groups excluding carboxylic acids is 1. The molecule has 0 fully saturated rings. The van der Waals surface area contributed by atoms with Crippen LogP contribution in [0.4, 0.5) is 0 Å². The van der Waals surface area contributed by atoms with Gasteiger partial charge in [0.1, 0.15) is 12.4 Å². The van der Waals surface area contributed by atoms with Crippen LogP contribution in [0, 0.1) is 0 Å². The molecule has 0 saturated carbocycles. The molecular weight excluding hydrogens is 300 g/mol. The van der Waals surface area contributed by atoms with Crippen molar-refractivity contribution in [2.75, 3.05) is 7.11 Å². The molecule has 24 heavy (non-hydrogen) atoms. The summed E-state index contributed by atoms with van der Waals surface area (Å²) >= 11 is 0. The van der Waals surface area contributed by atoms with Gasteiger partial charge in [-0.3, -0.25) is 0 Å². The van der Waals surface area contributed by atoms with Crippen molar-refractivity contribution in [3.63, 3.8) is 0 Å². The molecule has 0 atom stereocenters. The van der Waals surface area contributed by atoms with E-state index in [1.54, 1.807) is 6.08 Å². The molecule has 0 radical (unpaired) electrons. The van der Waals surface area contributed by atoms with Crippen LogP contribution in [0.5, 0.6) is 5.75 Å². The predicted molar refractivity (Wildman–Crippen MR) is 95.8 cm³/mol. The fourth-order valence-corrected chi connectivity index (χ4v) is 2.41. The Morgan fingerprint density at radius 3 is 2.50 bits per heavy atom. The molecule has 0 saturated heterocycles. The van der Waals surface area contributed by atoms with Crippen molar-refractivity contribution < 1.29 is 14.3 Å². The second-order valence-electron chi connectivity index (χ2n) is 5.40. The number of fused-ring (bicyclic) bond motifs is 1. The molecule has 3 heteroatoms. The Morgan fingerprint density at radius 1 is 0.958 bits per heavy atom. The van der Waals surface area contributed by atoms with Crippen molar-refractivity contribution in [2.45, 2.75) is 6.61 Å². The van der Waals surface area contributed by atoms with E-state index < -0.39 is 0 Å². The molecule has 0 bridgehead atoms. The van der Waals surface area contributed by atoms with E-state index in [-0.39, 0.29) is 5.97 Å². The van der Waals surface area contributed by atoms with Gasteiger partial charge in [-0.2, -0.15) is 0 Å². The molecule has 3 aromatic rings. The second kappa shape index (κ2) is 7.47. The number of ether oxygens (including phenoxy) is 2. The maximum Gasteiger partial charge on any atom is 0.330 e. The van der Waals surface area contributed by atoms with E-state index >= 15 is 0 Å². The highest BCUT2D eigenvalue weighted by atomic mass is 16.5. The quantitative estimate of drug-likeness (QED) is 0.509. The maximum absolute atomic E-state index is 11.2. The SMILES string of the molecule is COC(=O)/C=C/c1ccc2cc(OCc3ccccc3)ccc2c1. The van der Waals surface area contributed by atoms with Gasteiger partial charge < -0.3 is 9.47 Å². The highest BCUT2D eigenvalue weighted by Gasteiger charge is 2.00. The number of hydrogen-bond donors (Lipinski definition) is 0. The lowest BCUT2D eigenvalue weighted by Gasteiger charge is -2.08. The van der Waals surface area contributed by atoms with Crippen LogP contribution in [0.25, 0.3) is 16.8 Å². The van der Waals surface area contributed by atoms with E-state index in [9.17, 15) is 4.79 Å². The number of benzene rings is 3. The van der Waals surface area contributed by atoms with Crippen LogP contribution in [-0.2, 0) is 16.1 Å². The van der Waals surface area contributed by atoms with Crippen LogP contribution >= 0.6 is 0 Å². The maximum atomic E-state index is 11.2. The minimum atomic E-state index is -0.361. The van der Waals surface area contributed by atoms with E-state index in [0.29, 0.717) is 6.61 Å². The van der Waals surface area contributed by atoms with Gasteiger partial charge in [-0.1, -0.05) is 48.5 Å². The Kier molecular flexibility index (Phi) is 4.92. The molecule has 0 heterocycles. The first-order valence-corrected chi connectivity index (χ1v) is 7.71. The molecule has 0 aliphatic rings. The van der Waals surface area contributed by atoms with Crippen molar-refractivity contribution in [1.82, 2.24) is 0 Å². The zero-order chi connectivity index (χ0) is 16.8. The zero-order valence-electron chi connectivity index (χ0n) is 13.4. The summed E-state index contributed by atoms with van der Waals surface area (Å²) in [7, 11) is 1.37. The summed E-state index contributed by atoms with van der Waals surface area (Å²) < 4.78 is 10.4. The van der Waals surface area contributed by atoms with Crippen molar-refractivity contribution in [3.05, 3.63) is 83.9 Å². The lowest BCUT2D eigenvalue weighted by molar-refractivity contribution is -0.134. The average molecular weight is 318 g/mol. The Balaban J connectivity index is 1.74. The zero-order valence-corrected chi connectivity index (χ0v) is 13.4. The van der Waals surface area contributed by atoms with E-state index in [0.717, 1.165) is 27.6 Å². The summed E-state index contributed by atoms with van der Waals surface area (Å²) in [5.41, 5.74) is 2.09. The summed E-state index contributed by atoms with van der Waals surface area (Å²) in [6, 6.07) is 22.1. The minimum Gasteiger partial charge on any atom is -0.489 e. The standard InChI is InChI=1S/C21H18O3/c1-23-21(22)12-8-16-7-9-19-14-20(11-10-18(19)13-16)24-15-17-5-3-2-4-6-17/h2-14H,15H2,1H3/b12-8+. The molecule has 0 N–H and O–H groups in total. The number of hydrogen-bond acceptors (Lipinski definition) is 3. The van der Waals surface area contributed by atoms with Gasteiger partial charge >= 0.3 is 5.97 Å². The third-order valence-corrected chi connectivity index (χ3v) is 3.70. The van der Waals surface area contributed by atoms with Crippen LogP contribution in [0.15, 0.2) is 72.8 Å². The lowest BCUT2D eigenvalue weighted by Crippen LogP contribution is -1.94. The molecule has 3 nitrogen and oxygen atoms in total. The molecule has 0 aliphatic carbocycles. The normalized spacial score (nSPS) is 10.9. The Morgan fingerprint density at radius 2 is 1.71 bits per heavy atom. The topological polar surface area (TPSA) is 35.5 Å².